The second-order valence-corrected chi connectivity index (χ2v) is 12.6. The van der Waals surface area contributed by atoms with Crippen LogP contribution in [0.5, 0.6) is 0 Å². The molecule has 4 aliphatic rings. The van der Waals surface area contributed by atoms with Crippen LogP contribution in [-0.2, 0) is 42.7 Å². The number of aliphatic hydroxyl groups is 10. The smallest absolute Gasteiger partial charge is 0.217 e. The molecule has 4 aliphatic heterocycles. The summed E-state index contributed by atoms with van der Waals surface area (Å²) in [6.45, 7) is 3.54. The number of ether oxygens (including phenoxy) is 7. The van der Waals surface area contributed by atoms with Gasteiger partial charge in [0.2, 0.25) is 11.8 Å². The highest BCUT2D eigenvalue weighted by molar-refractivity contribution is 5.73. The summed E-state index contributed by atoms with van der Waals surface area (Å²) in [5.41, 5.74) is 0. The third kappa shape index (κ3) is 8.84. The van der Waals surface area contributed by atoms with E-state index in [2.05, 4.69) is 10.6 Å². The van der Waals surface area contributed by atoms with E-state index in [0.29, 0.717) is 0 Å². The molecular formula is C28H48N2O19. The van der Waals surface area contributed by atoms with Crippen molar-refractivity contribution in [2.75, 3.05) is 13.2 Å². The van der Waals surface area contributed by atoms with Gasteiger partial charge in [-0.05, 0) is 13.8 Å². The van der Waals surface area contributed by atoms with E-state index in [1.165, 1.54) is 13.8 Å². The van der Waals surface area contributed by atoms with Crippen LogP contribution in [0.2, 0.25) is 0 Å². The Balaban J connectivity index is 1.72. The van der Waals surface area contributed by atoms with Crippen molar-refractivity contribution in [3.63, 3.8) is 0 Å². The van der Waals surface area contributed by atoms with Crippen molar-refractivity contribution in [2.24, 2.45) is 0 Å². The van der Waals surface area contributed by atoms with Crippen molar-refractivity contribution < 1.29 is 93.8 Å². The Labute approximate surface area is 280 Å². The van der Waals surface area contributed by atoms with Gasteiger partial charge in [-0.2, -0.15) is 0 Å². The lowest BCUT2D eigenvalue weighted by Crippen LogP contribution is -2.70. The number of hydrogen-bond donors (Lipinski definition) is 12. The van der Waals surface area contributed by atoms with Crippen molar-refractivity contribution in [1.82, 2.24) is 10.6 Å². The summed E-state index contributed by atoms with van der Waals surface area (Å²) in [7, 11) is 0. The molecule has 0 aromatic rings. The van der Waals surface area contributed by atoms with Gasteiger partial charge in [0.05, 0.1) is 25.4 Å². The highest BCUT2D eigenvalue weighted by Crippen LogP contribution is 2.34. The molecule has 0 radical (unpaired) electrons. The molecule has 4 fully saturated rings. The average molecular weight is 717 g/mol. The highest BCUT2D eigenvalue weighted by atomic mass is 16.8. The predicted octanol–water partition coefficient (Wildman–Crippen LogP) is -7.41. The second-order valence-electron chi connectivity index (χ2n) is 12.6. The SMILES string of the molecule is CC(=O)N[C@H]1[C@H](O[C@H]2[C@H](O[C@@H]3O[C@@H](C)[C@@H](O)[C@@H](O)[C@@H]3O)[C@@H](NC(C)=O)C(O)O[C@@H]2CO[C@@H]2O[C@@H](C)[C@@H](O)[C@@H](O)[C@@H]2O)O[C@H](CO)[C@@H](O)[C@@H]1O. The van der Waals surface area contributed by atoms with Gasteiger partial charge in [0.1, 0.15) is 85.3 Å². The summed E-state index contributed by atoms with van der Waals surface area (Å²) in [6, 6.07) is -3.03. The van der Waals surface area contributed by atoms with Crippen LogP contribution in [-0.4, -0.2) is 199 Å². The number of amides is 2. The van der Waals surface area contributed by atoms with E-state index in [-0.39, 0.29) is 0 Å². The van der Waals surface area contributed by atoms with Gasteiger partial charge in [-0.25, -0.2) is 0 Å². The number of carbonyl (C=O) groups is 2. The van der Waals surface area contributed by atoms with Gasteiger partial charge in [-0.1, -0.05) is 0 Å². The van der Waals surface area contributed by atoms with Crippen LogP contribution in [0, 0.1) is 0 Å². The van der Waals surface area contributed by atoms with E-state index in [0.717, 1.165) is 13.8 Å². The lowest BCUT2D eigenvalue weighted by atomic mass is 9.93. The fraction of sp³-hybridized carbons (Fsp3) is 0.929. The first-order chi connectivity index (χ1) is 23.0. The normalized spacial score (nSPS) is 49.3. The van der Waals surface area contributed by atoms with Gasteiger partial charge in [-0.3, -0.25) is 9.59 Å². The monoisotopic (exact) mass is 716 g/mol. The van der Waals surface area contributed by atoms with Crippen molar-refractivity contribution in [2.45, 2.75) is 150 Å². The number of carbonyl (C=O) groups excluding carboxylic acids is 2. The maximum atomic E-state index is 12.3. The van der Waals surface area contributed by atoms with Gasteiger partial charge in [-0.15, -0.1) is 0 Å². The molecule has 49 heavy (non-hydrogen) atoms. The predicted molar refractivity (Wildman–Crippen MR) is 154 cm³/mol. The molecule has 12 N–H and O–H groups in total. The van der Waals surface area contributed by atoms with Crippen LogP contribution in [0.3, 0.4) is 0 Å². The van der Waals surface area contributed by atoms with Crippen molar-refractivity contribution in [3.05, 3.63) is 0 Å². The molecule has 0 aromatic heterocycles. The molecule has 0 spiro atoms. The molecule has 1 unspecified atom stereocenters. The van der Waals surface area contributed by atoms with E-state index in [4.69, 9.17) is 33.2 Å². The van der Waals surface area contributed by atoms with Crippen LogP contribution >= 0.6 is 0 Å². The number of aliphatic hydroxyl groups excluding tert-OH is 10. The molecule has 0 aromatic carbocycles. The van der Waals surface area contributed by atoms with Crippen LogP contribution < -0.4 is 10.6 Å². The molecule has 4 rings (SSSR count). The fourth-order valence-electron chi connectivity index (χ4n) is 6.13. The molecule has 0 bridgehead atoms. The molecule has 4 saturated heterocycles. The minimum absolute atomic E-state index is 0.649. The zero-order chi connectivity index (χ0) is 36.5. The van der Waals surface area contributed by atoms with Gasteiger partial charge < -0.3 is 94.9 Å². The first-order valence-corrected chi connectivity index (χ1v) is 15.8. The van der Waals surface area contributed by atoms with Crippen LogP contribution in [0.25, 0.3) is 0 Å². The summed E-state index contributed by atoms with van der Waals surface area (Å²) in [6.07, 6.45) is -28.8. The first kappa shape index (κ1) is 40.0. The molecular weight excluding hydrogens is 668 g/mol. The Morgan fingerprint density at radius 2 is 1.08 bits per heavy atom. The number of nitrogens with one attached hydrogen (secondary N) is 2. The summed E-state index contributed by atoms with van der Waals surface area (Å²) in [5.74, 6) is -1.39. The molecule has 0 aliphatic carbocycles. The molecule has 20 atom stereocenters. The van der Waals surface area contributed by atoms with Crippen molar-refractivity contribution in [3.8, 4) is 0 Å². The topological polar surface area (TPSA) is 325 Å². The summed E-state index contributed by atoms with van der Waals surface area (Å²) >= 11 is 0. The molecule has 21 nitrogen and oxygen atoms in total. The third-order valence-corrected chi connectivity index (χ3v) is 8.91. The molecule has 0 saturated carbocycles. The highest BCUT2D eigenvalue weighted by Gasteiger charge is 2.55. The first-order valence-electron chi connectivity index (χ1n) is 15.8. The van der Waals surface area contributed by atoms with Gasteiger partial charge in [0.25, 0.3) is 0 Å². The Bertz CT molecular complexity index is 1110. The van der Waals surface area contributed by atoms with E-state index in [1.54, 1.807) is 0 Å². The standard InChI is InChI=1S/C28H48N2O19/c1-7-15(34)19(38)21(40)27(44-7)43-6-12-23(48-26-13(29-9(3)32)18(37)17(36)11(5-31)47-26)24(14(25(42)46-12)30-10(4)33)49-28-22(41)20(39)16(35)8(2)45-28/h7-8,11-28,31,34-42H,5-6H2,1-4H3,(H,29,32)(H,30,33)/t7-,8-,11+,12+,13+,14+,15+,16+,17+,18+,19+,20+,21-,22-,23+,24+,25?,26-,27+,28-/m0/s1. The number of hydrogen-bond acceptors (Lipinski definition) is 19. The minimum Gasteiger partial charge on any atom is -0.394 e. The van der Waals surface area contributed by atoms with Gasteiger partial charge >= 0.3 is 0 Å². The average Bonchev–Trinajstić information content (AvgIpc) is 3.04. The zero-order valence-electron chi connectivity index (χ0n) is 27.1. The van der Waals surface area contributed by atoms with Gasteiger partial charge in [0.15, 0.2) is 25.2 Å². The maximum absolute atomic E-state index is 12.3. The van der Waals surface area contributed by atoms with Crippen LogP contribution in [0.15, 0.2) is 0 Å². The molecule has 284 valence electrons. The zero-order valence-corrected chi connectivity index (χ0v) is 27.1. The summed E-state index contributed by atoms with van der Waals surface area (Å²) in [5, 5.41) is 109. The Morgan fingerprint density at radius 3 is 1.63 bits per heavy atom. The minimum atomic E-state index is -1.91. The van der Waals surface area contributed by atoms with Crippen LogP contribution in [0.1, 0.15) is 27.7 Å². The van der Waals surface area contributed by atoms with E-state index in [1.807, 2.05) is 0 Å². The molecule has 21 heteroatoms. The van der Waals surface area contributed by atoms with E-state index < -0.39 is 148 Å². The van der Waals surface area contributed by atoms with Crippen molar-refractivity contribution >= 4 is 11.8 Å². The Morgan fingerprint density at radius 1 is 0.571 bits per heavy atom. The summed E-state index contributed by atoms with van der Waals surface area (Å²) < 4.78 is 40.5. The van der Waals surface area contributed by atoms with E-state index in [9.17, 15) is 60.7 Å². The third-order valence-electron chi connectivity index (χ3n) is 8.91. The van der Waals surface area contributed by atoms with E-state index >= 15 is 0 Å². The maximum Gasteiger partial charge on any atom is 0.217 e. The lowest BCUT2D eigenvalue weighted by molar-refractivity contribution is -0.368. The fourth-order valence-corrected chi connectivity index (χ4v) is 6.13. The Hall–Kier alpha value is -1.74. The lowest BCUT2D eigenvalue weighted by Gasteiger charge is -2.50. The van der Waals surface area contributed by atoms with Crippen molar-refractivity contribution in [1.29, 1.82) is 0 Å². The second kappa shape index (κ2) is 16.7. The molecule has 2 amide bonds. The Kier molecular flexibility index (Phi) is 13.7. The summed E-state index contributed by atoms with van der Waals surface area (Å²) in [4.78, 5) is 24.4. The largest absolute Gasteiger partial charge is 0.394 e. The van der Waals surface area contributed by atoms with Gasteiger partial charge in [0, 0.05) is 13.8 Å². The molecule has 4 heterocycles. The van der Waals surface area contributed by atoms with Crippen LogP contribution in [0.4, 0.5) is 0 Å². The number of rotatable bonds is 10. The quantitative estimate of drug-likeness (QED) is 0.0999.